The number of amidine groups is 1. The van der Waals surface area contributed by atoms with Gasteiger partial charge in [-0.2, -0.15) is 0 Å². The molecule has 0 aliphatic carbocycles. The number of anilines is 2. The highest BCUT2D eigenvalue weighted by molar-refractivity contribution is 6.30. The van der Waals surface area contributed by atoms with E-state index in [1.54, 1.807) is 12.1 Å². The van der Waals surface area contributed by atoms with E-state index in [1.165, 1.54) is 11.4 Å². The molecule has 0 unspecified atom stereocenters. The molecular formula is C25H25ClN4. The van der Waals surface area contributed by atoms with Crippen LogP contribution in [0.5, 0.6) is 0 Å². The van der Waals surface area contributed by atoms with E-state index < -0.39 is 0 Å². The molecule has 0 spiro atoms. The fourth-order valence-corrected chi connectivity index (χ4v) is 3.67. The maximum absolute atomic E-state index is 6.02. The monoisotopic (exact) mass is 416 g/mol. The maximum Gasteiger partial charge on any atom is 0.124 e. The van der Waals surface area contributed by atoms with Crippen molar-refractivity contribution in [1.29, 1.82) is 0 Å². The second kappa shape index (κ2) is 9.51. The van der Waals surface area contributed by atoms with Gasteiger partial charge in [0, 0.05) is 42.6 Å². The molecule has 30 heavy (non-hydrogen) atoms. The zero-order valence-electron chi connectivity index (χ0n) is 16.8. The van der Waals surface area contributed by atoms with Gasteiger partial charge in [-0.3, -0.25) is 0 Å². The summed E-state index contributed by atoms with van der Waals surface area (Å²) >= 11 is 5.89. The van der Waals surface area contributed by atoms with Crippen LogP contribution in [0.2, 0.25) is 5.02 Å². The van der Waals surface area contributed by atoms with Gasteiger partial charge in [0.2, 0.25) is 0 Å². The van der Waals surface area contributed by atoms with Crippen molar-refractivity contribution in [1.82, 2.24) is 0 Å². The van der Waals surface area contributed by atoms with E-state index in [2.05, 4.69) is 69.4 Å². The van der Waals surface area contributed by atoms with Crippen molar-refractivity contribution in [2.45, 2.75) is 0 Å². The number of nitrogens with zero attached hydrogens (tertiary/aromatic N) is 3. The normalized spacial score (nSPS) is 15.0. The van der Waals surface area contributed by atoms with Gasteiger partial charge in [-0.1, -0.05) is 48.0 Å². The Bertz CT molecular complexity index is 1000. The molecule has 1 heterocycles. The average Bonchev–Trinajstić information content (AvgIpc) is 2.80. The van der Waals surface area contributed by atoms with Crippen molar-refractivity contribution in [2.24, 2.45) is 10.7 Å². The molecule has 2 N–H and O–H groups in total. The summed E-state index contributed by atoms with van der Waals surface area (Å²) in [5, 5.41) is 0.685. The Kier molecular flexibility index (Phi) is 6.35. The van der Waals surface area contributed by atoms with Gasteiger partial charge in [0.15, 0.2) is 0 Å². The molecule has 0 radical (unpaired) electrons. The summed E-state index contributed by atoms with van der Waals surface area (Å²) in [6.45, 7) is 4.10. The van der Waals surface area contributed by atoms with E-state index in [0.717, 1.165) is 37.4 Å². The van der Waals surface area contributed by atoms with Crippen LogP contribution in [-0.4, -0.2) is 32.0 Å². The van der Waals surface area contributed by atoms with E-state index in [1.807, 2.05) is 24.3 Å². The number of aliphatic imine (C=N–C) groups is 1. The number of para-hydroxylation sites is 1. The molecule has 5 heteroatoms. The number of benzene rings is 3. The van der Waals surface area contributed by atoms with Crippen LogP contribution in [0.25, 0.3) is 6.08 Å². The summed E-state index contributed by atoms with van der Waals surface area (Å²) in [6.07, 6.45) is 3.80. The molecule has 1 saturated heterocycles. The average molecular weight is 417 g/mol. The lowest BCUT2D eigenvalue weighted by atomic mass is 10.1. The van der Waals surface area contributed by atoms with Crippen LogP contribution in [0, 0.1) is 0 Å². The Balaban J connectivity index is 1.34. The second-order valence-electron chi connectivity index (χ2n) is 7.25. The first-order valence-electron chi connectivity index (χ1n) is 10.1. The number of hydrogen-bond acceptors (Lipinski definition) is 3. The molecule has 0 saturated carbocycles. The highest BCUT2D eigenvalue weighted by atomic mass is 35.5. The fraction of sp³-hybridized carbons (Fsp3) is 0.160. The van der Waals surface area contributed by atoms with Crippen LogP contribution in [0.3, 0.4) is 0 Å². The molecule has 1 aliphatic rings. The number of rotatable bonds is 5. The summed E-state index contributed by atoms with van der Waals surface area (Å²) in [4.78, 5) is 9.25. The first-order chi connectivity index (χ1) is 14.7. The third kappa shape index (κ3) is 5.22. The summed E-state index contributed by atoms with van der Waals surface area (Å²) in [7, 11) is 0. The van der Waals surface area contributed by atoms with Gasteiger partial charge in [0.05, 0.1) is 5.69 Å². The standard InChI is InChI=1S/C25H25ClN4/c26-21-9-11-22(12-10-21)28-25(27)15-8-20-6-13-24(14-7-20)30-18-16-29(17-19-30)23-4-2-1-3-5-23/h1-15H,16-19H2,(H2,27,28). The minimum atomic E-state index is 0.457. The van der Waals surface area contributed by atoms with Crippen LogP contribution in [0.4, 0.5) is 17.1 Å². The number of nitrogens with two attached hydrogens (primary N) is 1. The summed E-state index contributed by atoms with van der Waals surface area (Å²) in [6, 6.07) is 26.5. The van der Waals surface area contributed by atoms with Gasteiger partial charge in [0.1, 0.15) is 5.84 Å². The Morgan fingerprint density at radius 3 is 1.93 bits per heavy atom. The largest absolute Gasteiger partial charge is 0.384 e. The summed E-state index contributed by atoms with van der Waals surface area (Å²) in [5.74, 6) is 0.457. The van der Waals surface area contributed by atoms with Crippen molar-refractivity contribution < 1.29 is 0 Å². The van der Waals surface area contributed by atoms with Crippen molar-refractivity contribution in [2.75, 3.05) is 36.0 Å². The third-order valence-electron chi connectivity index (χ3n) is 5.19. The van der Waals surface area contributed by atoms with Gasteiger partial charge >= 0.3 is 0 Å². The van der Waals surface area contributed by atoms with Crippen molar-refractivity contribution >= 4 is 40.6 Å². The van der Waals surface area contributed by atoms with Gasteiger partial charge in [-0.15, -0.1) is 0 Å². The van der Waals surface area contributed by atoms with Crippen LogP contribution in [0.1, 0.15) is 5.56 Å². The number of piperazine rings is 1. The predicted octanol–water partition coefficient (Wildman–Crippen LogP) is 5.37. The minimum absolute atomic E-state index is 0.457. The quantitative estimate of drug-likeness (QED) is 0.449. The topological polar surface area (TPSA) is 44.9 Å². The molecule has 0 aromatic heterocycles. The molecule has 1 fully saturated rings. The lowest BCUT2D eigenvalue weighted by Crippen LogP contribution is -2.46. The lowest BCUT2D eigenvalue weighted by molar-refractivity contribution is 0.653. The van der Waals surface area contributed by atoms with E-state index >= 15 is 0 Å². The minimum Gasteiger partial charge on any atom is -0.384 e. The van der Waals surface area contributed by atoms with E-state index in [9.17, 15) is 0 Å². The van der Waals surface area contributed by atoms with Crippen LogP contribution in [-0.2, 0) is 0 Å². The molecular weight excluding hydrogens is 392 g/mol. The molecule has 4 nitrogen and oxygen atoms in total. The predicted molar refractivity (Wildman–Crippen MR) is 129 cm³/mol. The van der Waals surface area contributed by atoms with Crippen LogP contribution in [0.15, 0.2) is 89.9 Å². The Morgan fingerprint density at radius 1 is 0.767 bits per heavy atom. The molecule has 0 amide bonds. The smallest absolute Gasteiger partial charge is 0.124 e. The first-order valence-corrected chi connectivity index (χ1v) is 10.5. The van der Waals surface area contributed by atoms with Crippen molar-refractivity contribution in [3.05, 3.63) is 95.5 Å². The number of halogens is 1. The molecule has 3 aromatic rings. The van der Waals surface area contributed by atoms with Crippen molar-refractivity contribution in [3.63, 3.8) is 0 Å². The zero-order valence-corrected chi connectivity index (χ0v) is 17.5. The highest BCUT2D eigenvalue weighted by Crippen LogP contribution is 2.21. The first kappa shape index (κ1) is 20.0. The number of hydrogen-bond donors (Lipinski definition) is 1. The highest BCUT2D eigenvalue weighted by Gasteiger charge is 2.17. The molecule has 4 rings (SSSR count). The maximum atomic E-state index is 6.02. The van der Waals surface area contributed by atoms with Crippen molar-refractivity contribution in [3.8, 4) is 0 Å². The summed E-state index contributed by atoms with van der Waals surface area (Å²) in [5.41, 5.74) is 10.4. The lowest BCUT2D eigenvalue weighted by Gasteiger charge is -2.37. The van der Waals surface area contributed by atoms with Gasteiger partial charge in [0.25, 0.3) is 0 Å². The Morgan fingerprint density at radius 2 is 1.33 bits per heavy atom. The van der Waals surface area contributed by atoms with Gasteiger partial charge in [-0.25, -0.2) is 4.99 Å². The molecule has 0 atom stereocenters. The second-order valence-corrected chi connectivity index (χ2v) is 7.68. The van der Waals surface area contributed by atoms with Crippen LogP contribution < -0.4 is 15.5 Å². The molecule has 0 bridgehead atoms. The Labute approximate surface area is 182 Å². The SMILES string of the molecule is NC(C=Cc1ccc(N2CCN(c3ccccc3)CC2)cc1)=Nc1ccc(Cl)cc1. The van der Waals surface area contributed by atoms with E-state index in [-0.39, 0.29) is 0 Å². The molecule has 152 valence electrons. The third-order valence-corrected chi connectivity index (χ3v) is 5.44. The fourth-order valence-electron chi connectivity index (χ4n) is 3.54. The van der Waals surface area contributed by atoms with E-state index in [4.69, 9.17) is 17.3 Å². The van der Waals surface area contributed by atoms with Crippen LogP contribution >= 0.6 is 11.6 Å². The molecule has 1 aliphatic heterocycles. The summed E-state index contributed by atoms with van der Waals surface area (Å²) < 4.78 is 0. The zero-order chi connectivity index (χ0) is 20.8. The van der Waals surface area contributed by atoms with Gasteiger partial charge in [-0.05, 0) is 60.2 Å². The van der Waals surface area contributed by atoms with Gasteiger partial charge < -0.3 is 15.5 Å². The van der Waals surface area contributed by atoms with E-state index in [0.29, 0.717) is 10.9 Å². The Hall–Kier alpha value is -3.24. The molecule has 3 aromatic carbocycles.